The molecule has 0 aliphatic carbocycles. The Morgan fingerprint density at radius 3 is 3.13 bits per heavy atom. The van der Waals surface area contributed by atoms with Crippen molar-refractivity contribution in [2.24, 2.45) is 5.92 Å². The second-order valence-corrected chi connectivity index (χ2v) is 5.15. The lowest BCUT2D eigenvalue weighted by Gasteiger charge is -2.13. The molecule has 1 saturated heterocycles. The van der Waals surface area contributed by atoms with Gasteiger partial charge in [0.15, 0.2) is 0 Å². The molecule has 1 atom stereocenters. The van der Waals surface area contributed by atoms with Crippen LogP contribution in [-0.4, -0.2) is 18.1 Å². The number of nitrogens with zero attached hydrogens (tertiary/aromatic N) is 1. The first-order valence-corrected chi connectivity index (χ1v) is 6.45. The van der Waals surface area contributed by atoms with Crippen molar-refractivity contribution in [3.05, 3.63) is 28.5 Å². The predicted octanol–water partition coefficient (Wildman–Crippen LogP) is 2.78. The van der Waals surface area contributed by atoms with Gasteiger partial charge in [-0.2, -0.15) is 0 Å². The molecular formula is C12H17BrN2. The number of hydrogen-bond donors (Lipinski definition) is 1. The highest BCUT2D eigenvalue weighted by molar-refractivity contribution is 9.10. The molecule has 0 spiro atoms. The van der Waals surface area contributed by atoms with Crippen LogP contribution in [0.5, 0.6) is 0 Å². The summed E-state index contributed by atoms with van der Waals surface area (Å²) in [6.07, 6.45) is 7.02. The van der Waals surface area contributed by atoms with Crippen molar-refractivity contribution in [2.75, 3.05) is 13.1 Å². The largest absolute Gasteiger partial charge is 0.316 e. The maximum Gasteiger partial charge on any atom is 0.0413 e. The van der Waals surface area contributed by atoms with Crippen LogP contribution in [0.15, 0.2) is 22.8 Å². The number of rotatable bonds is 2. The van der Waals surface area contributed by atoms with Crippen molar-refractivity contribution in [3.63, 3.8) is 0 Å². The molecule has 1 unspecified atom stereocenters. The molecule has 0 saturated carbocycles. The minimum absolute atomic E-state index is 0.765. The molecule has 0 radical (unpaired) electrons. The third-order valence-electron chi connectivity index (χ3n) is 2.94. The average Bonchev–Trinajstić information content (AvgIpc) is 2.50. The van der Waals surface area contributed by atoms with Gasteiger partial charge in [-0.3, -0.25) is 4.98 Å². The first-order chi connectivity index (χ1) is 7.34. The molecule has 1 aliphatic heterocycles. The van der Waals surface area contributed by atoms with Crippen LogP contribution in [0.3, 0.4) is 0 Å². The topological polar surface area (TPSA) is 24.9 Å². The molecule has 1 aromatic heterocycles. The zero-order chi connectivity index (χ0) is 10.5. The van der Waals surface area contributed by atoms with Crippen molar-refractivity contribution < 1.29 is 0 Å². The summed E-state index contributed by atoms with van der Waals surface area (Å²) >= 11 is 3.41. The fourth-order valence-corrected chi connectivity index (χ4v) is 2.32. The van der Waals surface area contributed by atoms with E-state index in [9.17, 15) is 0 Å². The Morgan fingerprint density at radius 2 is 2.33 bits per heavy atom. The number of hydrogen-bond acceptors (Lipinski definition) is 2. The highest BCUT2D eigenvalue weighted by atomic mass is 79.9. The second-order valence-electron chi connectivity index (χ2n) is 4.24. The summed E-state index contributed by atoms with van der Waals surface area (Å²) in [7, 11) is 0. The molecule has 2 nitrogen and oxygen atoms in total. The van der Waals surface area contributed by atoms with E-state index in [-0.39, 0.29) is 0 Å². The van der Waals surface area contributed by atoms with Gasteiger partial charge in [0.2, 0.25) is 0 Å². The van der Waals surface area contributed by atoms with E-state index in [1.165, 1.54) is 31.5 Å². The zero-order valence-corrected chi connectivity index (χ0v) is 10.5. The van der Waals surface area contributed by atoms with Gasteiger partial charge in [-0.25, -0.2) is 0 Å². The minimum atomic E-state index is 0.765. The van der Waals surface area contributed by atoms with Crippen LogP contribution in [0.4, 0.5) is 0 Å². The monoisotopic (exact) mass is 268 g/mol. The normalized spacial score (nSPS) is 22.3. The lowest BCUT2D eigenvalue weighted by Crippen LogP contribution is -2.22. The average molecular weight is 269 g/mol. The first kappa shape index (κ1) is 11.1. The zero-order valence-electron chi connectivity index (χ0n) is 8.88. The Hall–Kier alpha value is -0.410. The molecule has 15 heavy (non-hydrogen) atoms. The van der Waals surface area contributed by atoms with Crippen LogP contribution >= 0.6 is 15.9 Å². The third kappa shape index (κ3) is 3.58. The molecule has 0 bridgehead atoms. The first-order valence-electron chi connectivity index (χ1n) is 5.66. The molecule has 3 heteroatoms. The van der Waals surface area contributed by atoms with E-state index in [0.29, 0.717) is 0 Å². The summed E-state index contributed by atoms with van der Waals surface area (Å²) < 4.78 is 1.06. The van der Waals surface area contributed by atoms with Crippen molar-refractivity contribution in [2.45, 2.75) is 25.7 Å². The van der Waals surface area contributed by atoms with Gasteiger partial charge >= 0.3 is 0 Å². The van der Waals surface area contributed by atoms with E-state index in [1.807, 2.05) is 6.20 Å². The van der Waals surface area contributed by atoms with Crippen LogP contribution < -0.4 is 5.32 Å². The Bertz CT molecular complexity index is 289. The number of pyridine rings is 1. The predicted molar refractivity (Wildman–Crippen MR) is 65.9 cm³/mol. The fraction of sp³-hybridized carbons (Fsp3) is 0.583. The molecule has 0 amide bonds. The standard InChI is InChI=1S/C12H17BrN2/c13-11-4-5-12(15-9-11)7-10-3-1-2-6-14-8-10/h4-5,9-10,14H,1-3,6-8H2. The fourth-order valence-electron chi connectivity index (χ4n) is 2.09. The molecule has 1 N–H and O–H groups in total. The third-order valence-corrected chi connectivity index (χ3v) is 3.40. The number of aromatic nitrogens is 1. The van der Waals surface area contributed by atoms with Gasteiger partial charge in [0, 0.05) is 16.4 Å². The summed E-state index contributed by atoms with van der Waals surface area (Å²) in [4.78, 5) is 4.43. The molecule has 1 aliphatic rings. The summed E-state index contributed by atoms with van der Waals surface area (Å²) in [5.74, 6) is 0.765. The maximum atomic E-state index is 4.43. The van der Waals surface area contributed by atoms with Crippen molar-refractivity contribution in [1.29, 1.82) is 0 Å². The van der Waals surface area contributed by atoms with E-state index in [0.717, 1.165) is 23.4 Å². The van der Waals surface area contributed by atoms with Crippen molar-refractivity contribution >= 4 is 15.9 Å². The van der Waals surface area contributed by atoms with E-state index >= 15 is 0 Å². The quantitative estimate of drug-likeness (QED) is 0.893. The molecule has 2 rings (SSSR count). The van der Waals surface area contributed by atoms with Gasteiger partial charge in [0.25, 0.3) is 0 Å². The molecule has 1 aromatic rings. The Kier molecular flexibility index (Phi) is 4.15. The van der Waals surface area contributed by atoms with Crippen molar-refractivity contribution in [3.8, 4) is 0 Å². The van der Waals surface area contributed by atoms with E-state index < -0.39 is 0 Å². The van der Waals surface area contributed by atoms with Crippen LogP contribution in [0.2, 0.25) is 0 Å². The molecule has 0 aromatic carbocycles. The van der Waals surface area contributed by atoms with Gasteiger partial charge in [0.05, 0.1) is 0 Å². The summed E-state index contributed by atoms with van der Waals surface area (Å²) in [5, 5.41) is 3.49. The summed E-state index contributed by atoms with van der Waals surface area (Å²) in [5.41, 5.74) is 1.21. The van der Waals surface area contributed by atoms with Crippen LogP contribution in [0.25, 0.3) is 0 Å². The summed E-state index contributed by atoms with van der Waals surface area (Å²) in [6.45, 7) is 2.34. The Labute approximate surface area is 99.6 Å². The highest BCUT2D eigenvalue weighted by Crippen LogP contribution is 2.16. The van der Waals surface area contributed by atoms with E-state index in [4.69, 9.17) is 0 Å². The number of halogens is 1. The Balaban J connectivity index is 1.92. The van der Waals surface area contributed by atoms with Gasteiger partial charge in [-0.1, -0.05) is 6.42 Å². The highest BCUT2D eigenvalue weighted by Gasteiger charge is 2.12. The second kappa shape index (κ2) is 5.61. The minimum Gasteiger partial charge on any atom is -0.316 e. The SMILES string of the molecule is Brc1ccc(CC2CCCCNC2)nc1. The van der Waals surface area contributed by atoms with E-state index in [2.05, 4.69) is 38.4 Å². The van der Waals surface area contributed by atoms with Crippen molar-refractivity contribution in [1.82, 2.24) is 10.3 Å². The van der Waals surface area contributed by atoms with Gasteiger partial charge in [-0.15, -0.1) is 0 Å². The molecular weight excluding hydrogens is 252 g/mol. The molecule has 2 heterocycles. The van der Waals surface area contributed by atoms with Crippen LogP contribution in [-0.2, 0) is 6.42 Å². The smallest absolute Gasteiger partial charge is 0.0413 e. The number of nitrogens with one attached hydrogen (secondary N) is 1. The van der Waals surface area contributed by atoms with E-state index in [1.54, 1.807) is 0 Å². The lowest BCUT2D eigenvalue weighted by molar-refractivity contribution is 0.472. The van der Waals surface area contributed by atoms with Gasteiger partial charge < -0.3 is 5.32 Å². The van der Waals surface area contributed by atoms with Gasteiger partial charge in [0.1, 0.15) is 0 Å². The Morgan fingerprint density at radius 1 is 1.40 bits per heavy atom. The lowest BCUT2D eigenvalue weighted by atomic mass is 9.98. The van der Waals surface area contributed by atoms with Gasteiger partial charge in [-0.05, 0) is 66.3 Å². The van der Waals surface area contributed by atoms with Crippen LogP contribution in [0.1, 0.15) is 25.0 Å². The summed E-state index contributed by atoms with van der Waals surface area (Å²) in [6, 6.07) is 4.20. The maximum absolute atomic E-state index is 4.43. The molecule has 82 valence electrons. The van der Waals surface area contributed by atoms with Crippen LogP contribution in [0, 0.1) is 5.92 Å². The molecule has 1 fully saturated rings.